The second kappa shape index (κ2) is 11.3. The van der Waals surface area contributed by atoms with Crippen LogP contribution >= 0.6 is 0 Å². The fraction of sp³-hybridized carbons (Fsp3) is 0.500. The predicted molar refractivity (Wildman–Crippen MR) is 145 cm³/mol. The van der Waals surface area contributed by atoms with E-state index in [-0.39, 0.29) is 45.1 Å². The number of carbonyl (C=O) groups excluding carboxylic acids is 2. The molecule has 9 heteroatoms. The van der Waals surface area contributed by atoms with Crippen LogP contribution in [0.4, 0.5) is 9.59 Å². The molecule has 0 radical (unpaired) electrons. The van der Waals surface area contributed by atoms with E-state index in [0.29, 0.717) is 0 Å². The first-order valence-corrected chi connectivity index (χ1v) is 13.4. The van der Waals surface area contributed by atoms with Crippen molar-refractivity contribution in [1.29, 1.82) is 0 Å². The number of fused-ring (bicyclic) bond motifs is 3. The number of rotatable bonds is 8. The first kappa shape index (κ1) is 28.4. The summed E-state index contributed by atoms with van der Waals surface area (Å²) in [7, 11) is 0. The molecule has 0 spiro atoms. The van der Waals surface area contributed by atoms with E-state index in [1.54, 1.807) is 34.6 Å². The smallest absolute Gasteiger partial charge is 0.412 e. The largest absolute Gasteiger partial charge is 0.481 e. The van der Waals surface area contributed by atoms with Crippen molar-refractivity contribution in [2.24, 2.45) is 0 Å². The van der Waals surface area contributed by atoms with Gasteiger partial charge in [0.1, 0.15) is 17.9 Å². The van der Waals surface area contributed by atoms with Crippen LogP contribution in [0.2, 0.25) is 0 Å². The average molecular weight is 539 g/mol. The fourth-order valence-electron chi connectivity index (χ4n) is 5.32. The van der Waals surface area contributed by atoms with Crippen molar-refractivity contribution in [1.82, 2.24) is 9.80 Å². The normalized spacial score (nSPS) is 17.9. The highest BCUT2D eigenvalue weighted by atomic mass is 16.6. The van der Waals surface area contributed by atoms with E-state index in [2.05, 4.69) is 24.3 Å². The molecule has 2 aliphatic rings. The van der Waals surface area contributed by atoms with Crippen molar-refractivity contribution >= 4 is 18.2 Å². The number of amides is 2. The molecular weight excluding hydrogens is 500 g/mol. The number of ether oxygens (including phenoxy) is 3. The predicted octanol–water partition coefficient (Wildman–Crippen LogP) is 5.47. The SMILES string of the molecule is CC(C)(C)OC(=O)N1[C@H](CN(CCCC(=O)O)C(=O)OCC2c3ccccc3-c3ccccc32)COC1(C)C. The lowest BCUT2D eigenvalue weighted by Gasteiger charge is -2.36. The van der Waals surface area contributed by atoms with Gasteiger partial charge in [0.15, 0.2) is 0 Å². The highest BCUT2D eigenvalue weighted by molar-refractivity contribution is 5.79. The minimum Gasteiger partial charge on any atom is -0.481 e. The minimum atomic E-state index is -0.941. The molecule has 39 heavy (non-hydrogen) atoms. The zero-order valence-electron chi connectivity index (χ0n) is 23.3. The van der Waals surface area contributed by atoms with Crippen molar-refractivity contribution < 1.29 is 33.7 Å². The molecule has 0 aromatic heterocycles. The number of benzene rings is 2. The molecule has 0 bridgehead atoms. The summed E-state index contributed by atoms with van der Waals surface area (Å²) in [5, 5.41) is 9.15. The first-order valence-electron chi connectivity index (χ1n) is 13.4. The van der Waals surface area contributed by atoms with Crippen molar-refractivity contribution in [2.45, 2.75) is 70.7 Å². The monoisotopic (exact) mass is 538 g/mol. The standard InChI is InChI=1S/C30H38N2O7/c1-29(2,3)39-28(36)32-20(18-38-30(32,4)5)17-31(16-10-15-26(33)34)27(35)37-19-25-23-13-8-6-11-21(23)22-12-7-9-14-24(22)25/h6-9,11-14,20,25H,10,15-19H2,1-5H3,(H,33,34)/t20-/m1/s1. The Bertz CT molecular complexity index is 1170. The molecule has 4 rings (SSSR count). The Morgan fingerprint density at radius 3 is 2.21 bits per heavy atom. The molecule has 1 atom stereocenters. The number of hydrogen-bond acceptors (Lipinski definition) is 6. The van der Waals surface area contributed by atoms with Crippen LogP contribution < -0.4 is 0 Å². The van der Waals surface area contributed by atoms with Crippen LogP contribution in [0.3, 0.4) is 0 Å². The highest BCUT2D eigenvalue weighted by Gasteiger charge is 2.46. The lowest BCUT2D eigenvalue weighted by Crippen LogP contribution is -2.53. The Labute approximate surface area is 229 Å². The summed E-state index contributed by atoms with van der Waals surface area (Å²) in [6, 6.07) is 15.7. The van der Waals surface area contributed by atoms with Crippen LogP contribution in [0.1, 0.15) is 64.5 Å². The van der Waals surface area contributed by atoms with Gasteiger partial charge in [0.05, 0.1) is 12.6 Å². The zero-order chi connectivity index (χ0) is 28.4. The van der Waals surface area contributed by atoms with Crippen LogP contribution in [0, 0.1) is 0 Å². The van der Waals surface area contributed by atoms with E-state index in [0.717, 1.165) is 22.3 Å². The van der Waals surface area contributed by atoms with Gasteiger partial charge in [-0.1, -0.05) is 48.5 Å². The molecule has 0 saturated carbocycles. The number of carbonyl (C=O) groups is 3. The lowest BCUT2D eigenvalue weighted by atomic mass is 9.98. The van der Waals surface area contributed by atoms with E-state index in [4.69, 9.17) is 19.3 Å². The maximum absolute atomic E-state index is 13.4. The van der Waals surface area contributed by atoms with E-state index in [1.807, 2.05) is 24.3 Å². The topological polar surface area (TPSA) is 106 Å². The van der Waals surface area contributed by atoms with Gasteiger partial charge in [-0.05, 0) is 63.3 Å². The van der Waals surface area contributed by atoms with Gasteiger partial charge in [-0.2, -0.15) is 0 Å². The van der Waals surface area contributed by atoms with Gasteiger partial charge >= 0.3 is 18.2 Å². The Balaban J connectivity index is 1.50. The third kappa shape index (κ3) is 6.53. The number of hydrogen-bond donors (Lipinski definition) is 1. The number of carboxylic acids is 1. The van der Waals surface area contributed by atoms with Crippen molar-refractivity contribution in [3.63, 3.8) is 0 Å². The molecule has 2 amide bonds. The Morgan fingerprint density at radius 1 is 1.05 bits per heavy atom. The summed E-state index contributed by atoms with van der Waals surface area (Å²) in [4.78, 5) is 40.7. The van der Waals surface area contributed by atoms with E-state index >= 15 is 0 Å². The molecule has 1 saturated heterocycles. The molecule has 2 aromatic carbocycles. The maximum atomic E-state index is 13.4. The van der Waals surface area contributed by atoms with Gasteiger partial charge in [0, 0.05) is 25.4 Å². The van der Waals surface area contributed by atoms with Gasteiger partial charge < -0.3 is 24.2 Å². The lowest BCUT2D eigenvalue weighted by molar-refractivity contribution is -0.137. The third-order valence-corrected chi connectivity index (χ3v) is 7.01. The molecule has 210 valence electrons. The summed E-state index contributed by atoms with van der Waals surface area (Å²) in [5.41, 5.74) is 2.84. The number of carboxylic acid groups (broad SMARTS) is 1. The van der Waals surface area contributed by atoms with Crippen LogP contribution in [0.5, 0.6) is 0 Å². The molecule has 1 N–H and O–H groups in total. The average Bonchev–Trinajstić information content (AvgIpc) is 3.34. The van der Waals surface area contributed by atoms with Crippen LogP contribution in [-0.2, 0) is 19.0 Å². The van der Waals surface area contributed by atoms with Crippen LogP contribution in [-0.4, -0.2) is 76.7 Å². The molecular formula is C30H38N2O7. The van der Waals surface area contributed by atoms with E-state index < -0.39 is 35.5 Å². The summed E-state index contributed by atoms with van der Waals surface area (Å²) in [5.74, 6) is -1.04. The van der Waals surface area contributed by atoms with Crippen LogP contribution in [0.15, 0.2) is 48.5 Å². The number of nitrogens with zero attached hydrogens (tertiary/aromatic N) is 2. The molecule has 1 heterocycles. The van der Waals surface area contributed by atoms with Gasteiger partial charge in [0.2, 0.25) is 0 Å². The van der Waals surface area contributed by atoms with Crippen molar-refractivity contribution in [3.05, 3.63) is 59.7 Å². The molecule has 9 nitrogen and oxygen atoms in total. The number of aliphatic carboxylic acids is 1. The summed E-state index contributed by atoms with van der Waals surface area (Å²) in [6.45, 7) is 9.57. The molecule has 2 aromatic rings. The highest BCUT2D eigenvalue weighted by Crippen LogP contribution is 2.44. The van der Waals surface area contributed by atoms with Crippen molar-refractivity contribution in [2.75, 3.05) is 26.3 Å². The minimum absolute atomic E-state index is 0.0877. The Hall–Kier alpha value is -3.59. The Kier molecular flexibility index (Phi) is 8.20. The fourth-order valence-corrected chi connectivity index (χ4v) is 5.32. The zero-order valence-corrected chi connectivity index (χ0v) is 23.3. The molecule has 1 fully saturated rings. The van der Waals surface area contributed by atoms with Gasteiger partial charge in [0.25, 0.3) is 0 Å². The van der Waals surface area contributed by atoms with Crippen LogP contribution in [0.25, 0.3) is 11.1 Å². The second-order valence-electron chi connectivity index (χ2n) is 11.5. The van der Waals surface area contributed by atoms with Gasteiger partial charge in [-0.3, -0.25) is 9.69 Å². The summed E-state index contributed by atoms with van der Waals surface area (Å²) in [6.07, 6.45) is -0.928. The molecule has 1 aliphatic heterocycles. The van der Waals surface area contributed by atoms with Gasteiger partial charge in [-0.25, -0.2) is 9.59 Å². The second-order valence-corrected chi connectivity index (χ2v) is 11.5. The van der Waals surface area contributed by atoms with E-state index in [9.17, 15) is 14.4 Å². The maximum Gasteiger partial charge on any atom is 0.412 e. The summed E-state index contributed by atoms with van der Waals surface area (Å²) < 4.78 is 17.4. The van der Waals surface area contributed by atoms with E-state index in [1.165, 1.54) is 9.80 Å². The third-order valence-electron chi connectivity index (χ3n) is 7.01. The quantitative estimate of drug-likeness (QED) is 0.475. The van der Waals surface area contributed by atoms with Crippen molar-refractivity contribution in [3.8, 4) is 11.1 Å². The Morgan fingerprint density at radius 2 is 1.64 bits per heavy atom. The first-order chi connectivity index (χ1) is 18.4. The molecule has 1 aliphatic carbocycles. The summed E-state index contributed by atoms with van der Waals surface area (Å²) >= 11 is 0. The van der Waals surface area contributed by atoms with Gasteiger partial charge in [-0.15, -0.1) is 0 Å². The molecule has 0 unspecified atom stereocenters.